The van der Waals surface area contributed by atoms with E-state index in [1.165, 1.54) is 0 Å². The normalized spacial score (nSPS) is 16.6. The predicted molar refractivity (Wildman–Crippen MR) is 47.4 cm³/mol. The molecule has 0 saturated heterocycles. The van der Waals surface area contributed by atoms with Crippen LogP contribution < -0.4 is 5.32 Å². The molecule has 0 heterocycles. The number of amides is 2. The van der Waals surface area contributed by atoms with Gasteiger partial charge in [-0.2, -0.15) is 0 Å². The molecule has 88 valence electrons. The Morgan fingerprint density at radius 1 is 1.27 bits per heavy atom. The molecule has 0 aromatic rings. The van der Waals surface area contributed by atoms with Crippen LogP contribution in [0.25, 0.3) is 0 Å². The summed E-state index contributed by atoms with van der Waals surface area (Å²) >= 11 is 0. The van der Waals surface area contributed by atoms with Gasteiger partial charge in [0.1, 0.15) is 18.9 Å². The van der Waals surface area contributed by atoms with Gasteiger partial charge in [0.25, 0.3) is 0 Å². The highest BCUT2D eigenvalue weighted by Crippen LogP contribution is 2.04. The van der Waals surface area contributed by atoms with Crippen LogP contribution in [0.15, 0.2) is 0 Å². The smallest absolute Gasteiger partial charge is 0.229 e. The lowest BCUT2D eigenvalue weighted by molar-refractivity contribution is -0.133. The van der Waals surface area contributed by atoms with Crippen LogP contribution in [0, 0.1) is 0 Å². The number of alkyl halides is 1. The second-order valence-electron chi connectivity index (χ2n) is 3.09. The molecular formula is C8H14FNO5. The lowest BCUT2D eigenvalue weighted by Crippen LogP contribution is -2.42. The fraction of sp³-hybridized carbons (Fsp3) is 0.750. The van der Waals surface area contributed by atoms with E-state index < -0.39 is 43.2 Å². The number of halogens is 1. The van der Waals surface area contributed by atoms with E-state index >= 15 is 0 Å². The van der Waals surface area contributed by atoms with E-state index in [1.807, 2.05) is 5.32 Å². The standard InChI is InChI=1S/C8H14FNO5/c1-4(11)10-7(14)2-5(12)8(15)6(13)3-9/h5-6,8,12-13,15H,2-3H2,1H3,(H,10,11,14)/t5-,6-,8+/m1/s1. The number of aliphatic hydroxyl groups is 3. The number of rotatable bonds is 5. The molecule has 0 spiro atoms. The molecule has 2 amide bonds. The van der Waals surface area contributed by atoms with Crippen LogP contribution in [0.4, 0.5) is 4.39 Å². The van der Waals surface area contributed by atoms with E-state index in [1.54, 1.807) is 0 Å². The second kappa shape index (κ2) is 6.44. The number of carbonyl (C=O) groups excluding carboxylic acids is 2. The number of hydrogen-bond donors (Lipinski definition) is 4. The summed E-state index contributed by atoms with van der Waals surface area (Å²) in [4.78, 5) is 21.3. The maximum absolute atomic E-state index is 11.9. The van der Waals surface area contributed by atoms with Crippen molar-refractivity contribution in [3.63, 3.8) is 0 Å². The first kappa shape index (κ1) is 13.9. The molecule has 4 N–H and O–H groups in total. The van der Waals surface area contributed by atoms with E-state index in [2.05, 4.69) is 0 Å². The van der Waals surface area contributed by atoms with Crippen molar-refractivity contribution < 1.29 is 29.3 Å². The Kier molecular flexibility index (Phi) is 5.99. The van der Waals surface area contributed by atoms with E-state index in [4.69, 9.17) is 15.3 Å². The molecule has 0 aromatic heterocycles. The molecule has 0 saturated carbocycles. The number of hydrogen-bond acceptors (Lipinski definition) is 5. The molecule has 0 aliphatic heterocycles. The number of carbonyl (C=O) groups is 2. The van der Waals surface area contributed by atoms with Gasteiger partial charge in [-0.05, 0) is 0 Å². The van der Waals surface area contributed by atoms with Gasteiger partial charge in [-0.3, -0.25) is 14.9 Å². The molecule has 0 aliphatic rings. The van der Waals surface area contributed by atoms with Crippen molar-refractivity contribution in [3.05, 3.63) is 0 Å². The van der Waals surface area contributed by atoms with Gasteiger partial charge >= 0.3 is 0 Å². The quantitative estimate of drug-likeness (QED) is 0.435. The Balaban J connectivity index is 4.06. The highest BCUT2D eigenvalue weighted by Gasteiger charge is 2.26. The van der Waals surface area contributed by atoms with E-state index in [-0.39, 0.29) is 0 Å². The molecule has 0 aliphatic carbocycles. The van der Waals surface area contributed by atoms with Crippen LogP contribution in [-0.2, 0) is 9.59 Å². The first-order valence-corrected chi connectivity index (χ1v) is 4.29. The highest BCUT2D eigenvalue weighted by molar-refractivity contribution is 5.94. The molecule has 7 heteroatoms. The van der Waals surface area contributed by atoms with Gasteiger partial charge in [0, 0.05) is 6.92 Å². The minimum atomic E-state index is -1.76. The molecule has 0 bridgehead atoms. The minimum Gasteiger partial charge on any atom is -0.390 e. The molecule has 0 unspecified atom stereocenters. The van der Waals surface area contributed by atoms with Crippen LogP contribution in [-0.4, -0.2) is 52.1 Å². The Bertz CT molecular complexity index is 235. The summed E-state index contributed by atoms with van der Waals surface area (Å²) in [6.07, 6.45) is -5.70. The van der Waals surface area contributed by atoms with Gasteiger partial charge in [0.15, 0.2) is 0 Å². The van der Waals surface area contributed by atoms with Crippen molar-refractivity contribution in [2.75, 3.05) is 6.67 Å². The molecule has 0 radical (unpaired) electrons. The second-order valence-corrected chi connectivity index (χ2v) is 3.09. The zero-order valence-corrected chi connectivity index (χ0v) is 8.18. The monoisotopic (exact) mass is 223 g/mol. The molecule has 3 atom stereocenters. The average Bonchev–Trinajstić information content (AvgIpc) is 2.13. The summed E-state index contributed by atoms with van der Waals surface area (Å²) in [6.45, 7) is -0.121. The maximum atomic E-state index is 11.9. The summed E-state index contributed by atoms with van der Waals surface area (Å²) < 4.78 is 11.9. The fourth-order valence-electron chi connectivity index (χ4n) is 0.906. The third-order valence-corrected chi connectivity index (χ3v) is 1.66. The van der Waals surface area contributed by atoms with Crippen LogP contribution in [0.5, 0.6) is 0 Å². The van der Waals surface area contributed by atoms with Crippen molar-refractivity contribution in [3.8, 4) is 0 Å². The zero-order valence-electron chi connectivity index (χ0n) is 8.18. The predicted octanol–water partition coefficient (Wildman–Crippen LogP) is -1.91. The summed E-state index contributed by atoms with van der Waals surface area (Å²) in [7, 11) is 0. The van der Waals surface area contributed by atoms with Crippen molar-refractivity contribution in [1.82, 2.24) is 5.32 Å². The Labute approximate surface area is 85.7 Å². The van der Waals surface area contributed by atoms with Gasteiger partial charge in [-0.1, -0.05) is 0 Å². The first-order valence-electron chi connectivity index (χ1n) is 4.29. The van der Waals surface area contributed by atoms with E-state index in [0.717, 1.165) is 6.92 Å². The lowest BCUT2D eigenvalue weighted by atomic mass is 10.1. The van der Waals surface area contributed by atoms with Gasteiger partial charge in [-0.25, -0.2) is 4.39 Å². The number of aliphatic hydroxyl groups excluding tert-OH is 3. The van der Waals surface area contributed by atoms with Crippen molar-refractivity contribution in [1.29, 1.82) is 0 Å². The molecule has 0 rings (SSSR count). The maximum Gasteiger partial charge on any atom is 0.229 e. The Hall–Kier alpha value is -1.05. The third kappa shape index (κ3) is 5.40. The Morgan fingerprint density at radius 2 is 1.80 bits per heavy atom. The lowest BCUT2D eigenvalue weighted by Gasteiger charge is -2.20. The van der Waals surface area contributed by atoms with Crippen molar-refractivity contribution in [2.45, 2.75) is 31.7 Å². The first-order chi connectivity index (χ1) is 6.88. The van der Waals surface area contributed by atoms with Gasteiger partial charge in [-0.15, -0.1) is 0 Å². The number of imide groups is 1. The average molecular weight is 223 g/mol. The summed E-state index contributed by atoms with van der Waals surface area (Å²) in [5.41, 5.74) is 0. The van der Waals surface area contributed by atoms with Gasteiger partial charge in [0.05, 0.1) is 12.5 Å². The van der Waals surface area contributed by atoms with Crippen molar-refractivity contribution in [2.24, 2.45) is 0 Å². The van der Waals surface area contributed by atoms with Gasteiger partial charge < -0.3 is 15.3 Å². The third-order valence-electron chi connectivity index (χ3n) is 1.66. The minimum absolute atomic E-state index is 0.586. The molecule has 15 heavy (non-hydrogen) atoms. The van der Waals surface area contributed by atoms with Crippen LogP contribution >= 0.6 is 0 Å². The van der Waals surface area contributed by atoms with E-state index in [9.17, 15) is 14.0 Å². The summed E-state index contributed by atoms with van der Waals surface area (Å²) in [5.74, 6) is -1.41. The molecule has 0 aromatic carbocycles. The SMILES string of the molecule is CC(=O)NC(=O)C[C@@H](O)[C@H](O)[C@H](O)CF. The summed E-state index contributed by atoms with van der Waals surface area (Å²) in [6, 6.07) is 0. The summed E-state index contributed by atoms with van der Waals surface area (Å²) in [5, 5.41) is 28.9. The zero-order chi connectivity index (χ0) is 12.0. The van der Waals surface area contributed by atoms with Crippen molar-refractivity contribution >= 4 is 11.8 Å². The van der Waals surface area contributed by atoms with Crippen LogP contribution in [0.3, 0.4) is 0 Å². The largest absolute Gasteiger partial charge is 0.390 e. The van der Waals surface area contributed by atoms with E-state index in [0.29, 0.717) is 0 Å². The topological polar surface area (TPSA) is 107 Å². The van der Waals surface area contributed by atoms with Crippen LogP contribution in [0.1, 0.15) is 13.3 Å². The Morgan fingerprint density at radius 3 is 2.20 bits per heavy atom. The van der Waals surface area contributed by atoms with Gasteiger partial charge in [0.2, 0.25) is 11.8 Å². The fourth-order valence-corrected chi connectivity index (χ4v) is 0.906. The van der Waals surface area contributed by atoms with Crippen LogP contribution in [0.2, 0.25) is 0 Å². The number of nitrogens with one attached hydrogen (secondary N) is 1. The molecular weight excluding hydrogens is 209 g/mol. The molecule has 0 fully saturated rings. The highest BCUT2D eigenvalue weighted by atomic mass is 19.1. The molecule has 6 nitrogen and oxygen atoms in total.